The topological polar surface area (TPSA) is 19.0 Å². The van der Waals surface area contributed by atoms with E-state index in [9.17, 15) is 4.39 Å². The highest BCUT2D eigenvalue weighted by Crippen LogP contribution is 2.48. The molecule has 0 saturated carbocycles. The van der Waals surface area contributed by atoms with E-state index in [4.69, 9.17) is 4.74 Å². The normalized spacial score (nSPS) is 24.8. The van der Waals surface area contributed by atoms with E-state index in [0.717, 1.165) is 43.9 Å². The van der Waals surface area contributed by atoms with Crippen LogP contribution in [0.15, 0.2) is 48.5 Å². The summed E-state index contributed by atoms with van der Waals surface area (Å²) < 4.78 is 24.8. The number of nitrogens with zero attached hydrogens (tertiary/aromatic N) is 3. The minimum atomic E-state index is -0.171. The van der Waals surface area contributed by atoms with Crippen molar-refractivity contribution in [3.8, 4) is 5.75 Å². The summed E-state index contributed by atoms with van der Waals surface area (Å²) in [5, 5.41) is 0. The second-order valence-electron chi connectivity index (χ2n) is 9.84. The molecule has 2 atom stereocenters. The maximum Gasteiger partial charge on any atom is 0.125 e. The predicted molar refractivity (Wildman–Crippen MR) is 132 cm³/mol. The summed E-state index contributed by atoms with van der Waals surface area (Å²) in [6.07, 6.45) is 2.30. The number of halogens is 1. The van der Waals surface area contributed by atoms with Crippen molar-refractivity contribution in [2.24, 2.45) is 0 Å². The Balaban J connectivity index is 1.51. The van der Waals surface area contributed by atoms with Gasteiger partial charge in [-0.25, -0.2) is 8.70 Å². The number of piperidine rings is 1. The molecule has 0 N–H and O–H groups in total. The molecule has 1 spiro atoms. The molecular weight excluding hydrogens is 421 g/mol. The smallest absolute Gasteiger partial charge is 0.125 e. The number of ether oxygens (including phenoxy) is 1. The molecule has 6 heteroatoms. The first-order valence-electron chi connectivity index (χ1n) is 11.8. The van der Waals surface area contributed by atoms with Gasteiger partial charge in [-0.05, 0) is 83.4 Å². The number of rotatable bonds is 6. The van der Waals surface area contributed by atoms with Crippen molar-refractivity contribution >= 4 is 17.8 Å². The van der Waals surface area contributed by atoms with Gasteiger partial charge in [0.2, 0.25) is 0 Å². The number of benzene rings is 2. The van der Waals surface area contributed by atoms with E-state index in [2.05, 4.69) is 66.3 Å². The monoisotopic (exact) mass is 457 g/mol. The number of anilines is 1. The molecule has 0 aliphatic carbocycles. The van der Waals surface area contributed by atoms with Gasteiger partial charge < -0.3 is 4.74 Å². The molecule has 4 rings (SSSR count). The van der Waals surface area contributed by atoms with E-state index < -0.39 is 0 Å². The van der Waals surface area contributed by atoms with E-state index >= 15 is 0 Å². The number of likely N-dealkylation sites (tertiary alicyclic amines) is 1. The SMILES string of the molecule is CC(C)Oc1cccc(CN2CC[C@@]3(C[C@@H]2C)CN(C(C)C)SN3c2cccc(F)c2)c1. The van der Waals surface area contributed by atoms with Crippen LogP contribution in [0, 0.1) is 5.82 Å². The lowest BCUT2D eigenvalue weighted by Crippen LogP contribution is -2.56. The average molecular weight is 458 g/mol. The second kappa shape index (κ2) is 9.62. The number of hydrogen-bond acceptors (Lipinski definition) is 5. The third-order valence-corrected chi connectivity index (χ3v) is 8.03. The molecule has 32 heavy (non-hydrogen) atoms. The van der Waals surface area contributed by atoms with Gasteiger partial charge in [0.15, 0.2) is 0 Å². The maximum absolute atomic E-state index is 14.1. The fourth-order valence-electron chi connectivity index (χ4n) is 4.91. The Morgan fingerprint density at radius 1 is 1.12 bits per heavy atom. The maximum atomic E-state index is 14.1. The Kier molecular flexibility index (Phi) is 7.03. The summed E-state index contributed by atoms with van der Waals surface area (Å²) in [5.74, 6) is 0.769. The highest BCUT2D eigenvalue weighted by atomic mass is 32.2. The lowest BCUT2D eigenvalue weighted by atomic mass is 9.82. The van der Waals surface area contributed by atoms with E-state index in [1.807, 2.05) is 18.2 Å². The Bertz CT molecular complexity index is 923. The molecule has 2 aromatic rings. The van der Waals surface area contributed by atoms with Crippen molar-refractivity contribution in [1.29, 1.82) is 0 Å². The van der Waals surface area contributed by atoms with Crippen LogP contribution < -0.4 is 9.04 Å². The van der Waals surface area contributed by atoms with E-state index in [1.54, 1.807) is 18.2 Å². The van der Waals surface area contributed by atoms with Gasteiger partial charge in [0.1, 0.15) is 11.6 Å². The molecule has 0 amide bonds. The first-order chi connectivity index (χ1) is 15.3. The Labute approximate surface area is 197 Å². The van der Waals surface area contributed by atoms with Gasteiger partial charge in [0.05, 0.1) is 17.3 Å². The molecule has 2 aliphatic rings. The molecule has 0 unspecified atom stereocenters. The molecule has 2 fully saturated rings. The average Bonchev–Trinajstić information content (AvgIpc) is 3.09. The lowest BCUT2D eigenvalue weighted by Gasteiger charge is -2.47. The quantitative estimate of drug-likeness (QED) is 0.485. The summed E-state index contributed by atoms with van der Waals surface area (Å²) in [6, 6.07) is 16.4. The predicted octanol–water partition coefficient (Wildman–Crippen LogP) is 6.13. The van der Waals surface area contributed by atoms with E-state index in [0.29, 0.717) is 12.1 Å². The standard InChI is InChI=1S/C26H36FN3OS/c1-19(2)29-18-26(30(32-29)24-10-7-9-23(27)15-24)12-13-28(21(5)16-26)17-22-8-6-11-25(14-22)31-20(3)4/h6-11,14-15,19-21H,12-13,16-18H2,1-5H3/t21-,26+/m0/s1. The summed E-state index contributed by atoms with van der Waals surface area (Å²) in [6.45, 7) is 13.9. The van der Waals surface area contributed by atoms with Crippen molar-refractivity contribution in [2.45, 2.75) is 77.7 Å². The van der Waals surface area contributed by atoms with Crippen LogP contribution in [-0.4, -0.2) is 46.0 Å². The van der Waals surface area contributed by atoms with Crippen molar-refractivity contribution < 1.29 is 9.13 Å². The first-order valence-corrected chi connectivity index (χ1v) is 12.5. The van der Waals surface area contributed by atoms with Gasteiger partial charge in [0, 0.05) is 43.9 Å². The first kappa shape index (κ1) is 23.4. The van der Waals surface area contributed by atoms with Crippen molar-refractivity contribution in [1.82, 2.24) is 9.21 Å². The summed E-state index contributed by atoms with van der Waals surface area (Å²) in [4.78, 5) is 2.58. The molecule has 2 saturated heterocycles. The van der Waals surface area contributed by atoms with Gasteiger partial charge in [-0.15, -0.1) is 0 Å². The molecular formula is C26H36FN3OS. The summed E-state index contributed by atoms with van der Waals surface area (Å²) >= 11 is 1.77. The molecule has 2 heterocycles. The molecule has 2 aromatic carbocycles. The zero-order valence-electron chi connectivity index (χ0n) is 19.9. The van der Waals surface area contributed by atoms with Crippen LogP contribution in [0.1, 0.15) is 53.0 Å². The third-order valence-electron chi connectivity index (χ3n) is 6.51. The number of hydrogen-bond donors (Lipinski definition) is 0. The molecule has 0 radical (unpaired) electrons. The Morgan fingerprint density at radius 3 is 2.59 bits per heavy atom. The fraction of sp³-hybridized carbons (Fsp3) is 0.538. The Morgan fingerprint density at radius 2 is 1.91 bits per heavy atom. The van der Waals surface area contributed by atoms with Crippen LogP contribution in [0.3, 0.4) is 0 Å². The van der Waals surface area contributed by atoms with Gasteiger partial charge >= 0.3 is 0 Å². The van der Waals surface area contributed by atoms with Crippen LogP contribution in [0.2, 0.25) is 0 Å². The highest BCUT2D eigenvalue weighted by Gasteiger charge is 2.50. The van der Waals surface area contributed by atoms with E-state index in [1.165, 1.54) is 11.6 Å². The van der Waals surface area contributed by atoms with Crippen LogP contribution in [-0.2, 0) is 6.54 Å². The summed E-state index contributed by atoms with van der Waals surface area (Å²) in [5.41, 5.74) is 2.27. The van der Waals surface area contributed by atoms with Gasteiger partial charge in [-0.2, -0.15) is 0 Å². The zero-order valence-corrected chi connectivity index (χ0v) is 20.7. The Hall–Kier alpha value is -1.76. The van der Waals surface area contributed by atoms with Gasteiger partial charge in [-0.1, -0.05) is 18.2 Å². The minimum absolute atomic E-state index is 0.0151. The van der Waals surface area contributed by atoms with Gasteiger partial charge in [-0.3, -0.25) is 9.21 Å². The minimum Gasteiger partial charge on any atom is -0.491 e. The van der Waals surface area contributed by atoms with Crippen molar-refractivity contribution in [3.63, 3.8) is 0 Å². The molecule has 0 bridgehead atoms. The van der Waals surface area contributed by atoms with Crippen molar-refractivity contribution in [2.75, 3.05) is 17.4 Å². The van der Waals surface area contributed by atoms with Gasteiger partial charge in [0.25, 0.3) is 0 Å². The highest BCUT2D eigenvalue weighted by molar-refractivity contribution is 7.98. The zero-order chi connectivity index (χ0) is 22.9. The fourth-order valence-corrected chi connectivity index (χ4v) is 6.22. The van der Waals surface area contributed by atoms with E-state index in [-0.39, 0.29) is 17.5 Å². The molecule has 2 aliphatic heterocycles. The van der Waals surface area contributed by atoms with Crippen LogP contribution >= 0.6 is 12.1 Å². The van der Waals surface area contributed by atoms with Crippen molar-refractivity contribution in [3.05, 3.63) is 59.9 Å². The molecule has 0 aromatic heterocycles. The largest absolute Gasteiger partial charge is 0.491 e. The molecule has 4 nitrogen and oxygen atoms in total. The molecule has 174 valence electrons. The lowest BCUT2D eigenvalue weighted by molar-refractivity contribution is 0.0967. The summed E-state index contributed by atoms with van der Waals surface area (Å²) in [7, 11) is 0. The second-order valence-corrected chi connectivity index (χ2v) is 10.8. The van der Waals surface area contributed by atoms with Crippen LogP contribution in [0.4, 0.5) is 10.1 Å². The van der Waals surface area contributed by atoms with Crippen LogP contribution in [0.25, 0.3) is 0 Å². The van der Waals surface area contributed by atoms with Crippen LogP contribution in [0.5, 0.6) is 5.75 Å². The third kappa shape index (κ3) is 5.08.